The summed E-state index contributed by atoms with van der Waals surface area (Å²) in [6.45, 7) is 5.27. The summed E-state index contributed by atoms with van der Waals surface area (Å²) in [4.78, 5) is 17.7. The highest BCUT2D eigenvalue weighted by atomic mass is 32.2. The third kappa shape index (κ3) is 5.87. The van der Waals surface area contributed by atoms with Gasteiger partial charge in [0.2, 0.25) is 5.91 Å². The highest BCUT2D eigenvalue weighted by Crippen LogP contribution is 2.28. The number of rotatable bonds is 10. The molecule has 1 amide bonds. The van der Waals surface area contributed by atoms with Gasteiger partial charge >= 0.3 is 0 Å². The van der Waals surface area contributed by atoms with Gasteiger partial charge in [0, 0.05) is 16.3 Å². The van der Waals surface area contributed by atoms with Crippen LogP contribution in [0.15, 0.2) is 71.9 Å². The maximum Gasteiger partial charge on any atom is 0.233 e. The number of para-hydroxylation sites is 2. The highest BCUT2D eigenvalue weighted by Gasteiger charge is 2.19. The van der Waals surface area contributed by atoms with E-state index in [1.54, 1.807) is 18.4 Å². The zero-order valence-corrected chi connectivity index (χ0v) is 21.2. The SMILES string of the molecule is COc1ccccc1-n1c(C)nnc1SCC(=O)N(CCc1ccccc1)Cc1ccc(C)s1. The number of amides is 1. The predicted octanol–water partition coefficient (Wildman–Crippen LogP) is 5.32. The molecule has 4 rings (SSSR count). The second-order valence-corrected chi connectivity index (χ2v) is 10.2. The van der Waals surface area contributed by atoms with Crippen molar-refractivity contribution in [3.8, 4) is 11.4 Å². The number of methoxy groups -OCH3 is 1. The monoisotopic (exact) mass is 492 g/mol. The molecule has 0 aliphatic rings. The summed E-state index contributed by atoms with van der Waals surface area (Å²) in [6, 6.07) is 22.2. The van der Waals surface area contributed by atoms with Crippen LogP contribution in [-0.2, 0) is 17.8 Å². The second-order valence-electron chi connectivity index (χ2n) is 7.89. The van der Waals surface area contributed by atoms with E-state index in [0.717, 1.165) is 23.7 Å². The van der Waals surface area contributed by atoms with Crippen molar-refractivity contribution >= 4 is 29.0 Å². The number of benzene rings is 2. The summed E-state index contributed by atoms with van der Waals surface area (Å²) in [5, 5.41) is 9.25. The Kier molecular flexibility index (Phi) is 8.03. The quantitative estimate of drug-likeness (QED) is 0.281. The predicted molar refractivity (Wildman–Crippen MR) is 138 cm³/mol. The summed E-state index contributed by atoms with van der Waals surface area (Å²) in [7, 11) is 1.64. The molecule has 4 aromatic rings. The lowest BCUT2D eigenvalue weighted by atomic mass is 10.1. The Labute approximate surface area is 208 Å². The summed E-state index contributed by atoms with van der Waals surface area (Å²) in [6.07, 6.45) is 0.818. The van der Waals surface area contributed by atoms with Gasteiger partial charge in [-0.2, -0.15) is 0 Å². The molecule has 0 aliphatic carbocycles. The first-order valence-corrected chi connectivity index (χ1v) is 12.9. The minimum Gasteiger partial charge on any atom is -0.495 e. The molecule has 8 heteroatoms. The van der Waals surface area contributed by atoms with Crippen molar-refractivity contribution < 1.29 is 9.53 Å². The molecule has 0 N–H and O–H groups in total. The summed E-state index contributed by atoms with van der Waals surface area (Å²) in [5.74, 6) is 1.84. The zero-order chi connectivity index (χ0) is 23.9. The number of carbonyl (C=O) groups excluding carboxylic acids is 1. The molecule has 0 aliphatic heterocycles. The first-order valence-electron chi connectivity index (χ1n) is 11.1. The Bertz CT molecular complexity index is 1240. The highest BCUT2D eigenvalue weighted by molar-refractivity contribution is 7.99. The van der Waals surface area contributed by atoms with Gasteiger partial charge in [-0.05, 0) is 50.1 Å². The molecule has 2 heterocycles. The molecule has 6 nitrogen and oxygen atoms in total. The average Bonchev–Trinajstić information content (AvgIpc) is 3.45. The number of nitrogens with zero attached hydrogens (tertiary/aromatic N) is 4. The van der Waals surface area contributed by atoms with Crippen molar-refractivity contribution in [1.82, 2.24) is 19.7 Å². The Morgan fingerprint density at radius 2 is 1.79 bits per heavy atom. The topological polar surface area (TPSA) is 60.2 Å². The summed E-state index contributed by atoms with van der Waals surface area (Å²) in [5.41, 5.74) is 2.08. The van der Waals surface area contributed by atoms with Crippen LogP contribution in [-0.4, -0.2) is 45.0 Å². The molecular weight excluding hydrogens is 464 g/mol. The molecule has 2 aromatic heterocycles. The number of aryl methyl sites for hydroxylation is 2. The van der Waals surface area contributed by atoms with Crippen LogP contribution >= 0.6 is 23.1 Å². The Morgan fingerprint density at radius 1 is 1.03 bits per heavy atom. The Hall–Kier alpha value is -3.10. The van der Waals surface area contributed by atoms with Gasteiger partial charge in [0.1, 0.15) is 11.6 Å². The van der Waals surface area contributed by atoms with Crippen LogP contribution in [0.3, 0.4) is 0 Å². The van der Waals surface area contributed by atoms with Gasteiger partial charge in [-0.1, -0.05) is 54.2 Å². The van der Waals surface area contributed by atoms with Crippen molar-refractivity contribution in [3.63, 3.8) is 0 Å². The van der Waals surface area contributed by atoms with E-state index in [9.17, 15) is 4.79 Å². The van der Waals surface area contributed by atoms with Gasteiger partial charge in [-0.3, -0.25) is 9.36 Å². The van der Waals surface area contributed by atoms with Gasteiger partial charge in [0.05, 0.1) is 25.1 Å². The van der Waals surface area contributed by atoms with Crippen molar-refractivity contribution in [2.45, 2.75) is 32.0 Å². The summed E-state index contributed by atoms with van der Waals surface area (Å²) < 4.78 is 7.46. The van der Waals surface area contributed by atoms with Crippen LogP contribution in [0.2, 0.25) is 0 Å². The van der Waals surface area contributed by atoms with Crippen molar-refractivity contribution in [3.05, 3.63) is 87.9 Å². The molecule has 0 radical (unpaired) electrons. The van der Waals surface area contributed by atoms with Gasteiger partial charge in [-0.15, -0.1) is 21.5 Å². The standard InChI is InChI=1S/C26H28N4O2S2/c1-19-13-14-22(34-19)17-29(16-15-21-9-5-4-6-10-21)25(31)18-33-26-28-27-20(2)30(26)23-11-7-8-12-24(23)32-3/h4-14H,15-18H2,1-3H3. The lowest BCUT2D eigenvalue weighted by molar-refractivity contribution is -0.128. The lowest BCUT2D eigenvalue weighted by Gasteiger charge is -2.22. The molecule has 34 heavy (non-hydrogen) atoms. The molecule has 0 saturated heterocycles. The number of hydrogen-bond donors (Lipinski definition) is 0. The number of thiophene rings is 1. The van der Waals surface area contributed by atoms with E-state index in [4.69, 9.17) is 4.74 Å². The first kappa shape index (κ1) is 24.0. The number of hydrogen-bond acceptors (Lipinski definition) is 6. The van der Waals surface area contributed by atoms with Crippen LogP contribution in [0.1, 0.15) is 21.1 Å². The second kappa shape index (κ2) is 11.4. The van der Waals surface area contributed by atoms with E-state index in [0.29, 0.717) is 18.2 Å². The number of aromatic nitrogens is 3. The largest absolute Gasteiger partial charge is 0.495 e. The van der Waals surface area contributed by atoms with Crippen molar-refractivity contribution in [2.24, 2.45) is 0 Å². The van der Waals surface area contributed by atoms with E-state index in [-0.39, 0.29) is 11.7 Å². The fourth-order valence-corrected chi connectivity index (χ4v) is 5.50. The number of ether oxygens (including phenoxy) is 1. The van der Waals surface area contributed by atoms with Crippen molar-refractivity contribution in [2.75, 3.05) is 19.4 Å². The molecule has 0 saturated carbocycles. The van der Waals surface area contributed by atoms with Crippen molar-refractivity contribution in [1.29, 1.82) is 0 Å². The minimum absolute atomic E-state index is 0.0826. The van der Waals surface area contributed by atoms with E-state index in [2.05, 4.69) is 41.4 Å². The average molecular weight is 493 g/mol. The molecular formula is C26H28N4O2S2. The first-order chi connectivity index (χ1) is 16.5. The summed E-state index contributed by atoms with van der Waals surface area (Å²) >= 11 is 3.14. The van der Waals surface area contributed by atoms with Gasteiger partial charge < -0.3 is 9.64 Å². The smallest absolute Gasteiger partial charge is 0.233 e. The van der Waals surface area contributed by atoms with Crippen LogP contribution in [0.5, 0.6) is 5.75 Å². The molecule has 2 aromatic carbocycles. The Balaban J connectivity index is 1.49. The van der Waals surface area contributed by atoms with E-state index < -0.39 is 0 Å². The molecule has 0 bridgehead atoms. The lowest BCUT2D eigenvalue weighted by Crippen LogP contribution is -2.33. The van der Waals surface area contributed by atoms with E-state index in [1.807, 2.05) is 58.9 Å². The Morgan fingerprint density at radius 3 is 2.53 bits per heavy atom. The van der Waals surface area contributed by atoms with Gasteiger partial charge in [0.25, 0.3) is 0 Å². The maximum absolute atomic E-state index is 13.4. The molecule has 0 fully saturated rings. The molecule has 0 unspecified atom stereocenters. The number of thioether (sulfide) groups is 1. The fraction of sp³-hybridized carbons (Fsp3) is 0.269. The zero-order valence-electron chi connectivity index (χ0n) is 19.6. The van der Waals surface area contributed by atoms with Crippen LogP contribution in [0.4, 0.5) is 0 Å². The third-order valence-corrected chi connectivity index (χ3v) is 7.35. The maximum atomic E-state index is 13.4. The van der Waals surface area contributed by atoms with Gasteiger partial charge in [-0.25, -0.2) is 0 Å². The fourth-order valence-electron chi connectivity index (χ4n) is 3.70. The molecule has 0 spiro atoms. The minimum atomic E-state index is 0.0826. The molecule has 0 atom stereocenters. The van der Waals surface area contributed by atoms with E-state index in [1.165, 1.54) is 27.1 Å². The number of carbonyl (C=O) groups is 1. The normalized spacial score (nSPS) is 10.9. The van der Waals surface area contributed by atoms with Gasteiger partial charge in [0.15, 0.2) is 5.16 Å². The third-order valence-electron chi connectivity index (χ3n) is 5.45. The van der Waals surface area contributed by atoms with Crippen LogP contribution < -0.4 is 4.74 Å². The molecule has 176 valence electrons. The van der Waals surface area contributed by atoms with E-state index >= 15 is 0 Å². The van der Waals surface area contributed by atoms with Crippen LogP contribution in [0.25, 0.3) is 5.69 Å². The van der Waals surface area contributed by atoms with Crippen LogP contribution in [0, 0.1) is 13.8 Å².